The number of likely N-dealkylation sites (tertiary alicyclic amines) is 1. The van der Waals surface area contributed by atoms with Gasteiger partial charge in [0.25, 0.3) is 0 Å². The topological polar surface area (TPSA) is 142 Å². The largest absolute Gasteiger partial charge is 0.480 e. The minimum Gasteiger partial charge on any atom is -0.480 e. The van der Waals surface area contributed by atoms with Gasteiger partial charge in [0.1, 0.15) is 18.1 Å². The number of nitrogens with zero attached hydrogens (tertiary/aromatic N) is 1. The third kappa shape index (κ3) is 6.60. The fourth-order valence-corrected chi connectivity index (χ4v) is 3.60. The van der Waals surface area contributed by atoms with Crippen molar-refractivity contribution >= 4 is 36.3 Å². The first-order chi connectivity index (χ1) is 14.1. The number of nitrogens with two attached hydrogens (primary N) is 1. The van der Waals surface area contributed by atoms with Crippen LogP contribution in [0, 0.1) is 11.8 Å². The number of hydrogen-bond acceptors (Lipinski definition) is 6. The number of carboxylic acid groups (broad SMARTS) is 1. The maximum Gasteiger partial charge on any atom is 0.326 e. The molecule has 0 aliphatic carbocycles. The van der Waals surface area contributed by atoms with Crippen molar-refractivity contribution in [3.05, 3.63) is 0 Å². The lowest BCUT2D eigenvalue weighted by molar-refractivity contribution is -0.150. The molecule has 1 saturated heterocycles. The van der Waals surface area contributed by atoms with Crippen LogP contribution in [-0.4, -0.2) is 70.2 Å². The van der Waals surface area contributed by atoms with Gasteiger partial charge in [0, 0.05) is 12.3 Å². The summed E-state index contributed by atoms with van der Waals surface area (Å²) < 4.78 is 0. The molecule has 172 valence electrons. The molecular formula is C20H36N4O5S. The highest BCUT2D eigenvalue weighted by Gasteiger charge is 2.40. The van der Waals surface area contributed by atoms with Gasteiger partial charge in [-0.05, 0) is 24.7 Å². The first-order valence-electron chi connectivity index (χ1n) is 10.6. The van der Waals surface area contributed by atoms with E-state index in [0.717, 1.165) is 0 Å². The van der Waals surface area contributed by atoms with Gasteiger partial charge < -0.3 is 26.4 Å². The Hall–Kier alpha value is -1.81. The van der Waals surface area contributed by atoms with E-state index in [1.807, 2.05) is 27.7 Å². The van der Waals surface area contributed by atoms with Crippen molar-refractivity contribution in [2.75, 3.05) is 12.3 Å². The van der Waals surface area contributed by atoms with E-state index in [-0.39, 0.29) is 17.6 Å². The summed E-state index contributed by atoms with van der Waals surface area (Å²) in [6.45, 7) is 7.81. The first-order valence-corrected chi connectivity index (χ1v) is 11.2. The smallest absolute Gasteiger partial charge is 0.326 e. The number of thiol groups is 1. The molecule has 1 heterocycles. The SMILES string of the molecule is CCC(C)C(NC(=O)C(N)CS)C(=O)NC(C(=O)N1CCCC1C(=O)O)C(C)CC. The second-order valence-corrected chi connectivity index (χ2v) is 8.43. The van der Waals surface area contributed by atoms with Gasteiger partial charge in [0.2, 0.25) is 17.7 Å². The zero-order chi connectivity index (χ0) is 23.0. The highest BCUT2D eigenvalue weighted by molar-refractivity contribution is 7.80. The Bertz CT molecular complexity index is 632. The van der Waals surface area contributed by atoms with Crippen molar-refractivity contribution in [1.29, 1.82) is 0 Å². The van der Waals surface area contributed by atoms with E-state index in [1.165, 1.54) is 4.90 Å². The van der Waals surface area contributed by atoms with E-state index in [2.05, 4.69) is 23.3 Å². The van der Waals surface area contributed by atoms with Crippen LogP contribution in [-0.2, 0) is 19.2 Å². The zero-order valence-electron chi connectivity index (χ0n) is 18.3. The predicted molar refractivity (Wildman–Crippen MR) is 117 cm³/mol. The van der Waals surface area contributed by atoms with Crippen molar-refractivity contribution in [1.82, 2.24) is 15.5 Å². The zero-order valence-corrected chi connectivity index (χ0v) is 19.2. The lowest BCUT2D eigenvalue weighted by Crippen LogP contribution is -2.60. The summed E-state index contributed by atoms with van der Waals surface area (Å²) in [5.74, 6) is -2.66. The Balaban J connectivity index is 3.05. The number of carbonyl (C=O) groups is 4. The fourth-order valence-electron chi connectivity index (χ4n) is 3.44. The van der Waals surface area contributed by atoms with Crippen molar-refractivity contribution in [3.8, 4) is 0 Å². The van der Waals surface area contributed by atoms with Crippen LogP contribution < -0.4 is 16.4 Å². The monoisotopic (exact) mass is 444 g/mol. The molecule has 0 bridgehead atoms. The highest BCUT2D eigenvalue weighted by Crippen LogP contribution is 2.22. The Kier molecular flexibility index (Phi) is 10.6. The average molecular weight is 445 g/mol. The van der Waals surface area contributed by atoms with Crippen molar-refractivity contribution in [2.45, 2.75) is 77.5 Å². The molecule has 0 saturated carbocycles. The van der Waals surface area contributed by atoms with Crippen LogP contribution in [0.5, 0.6) is 0 Å². The normalized spacial score (nSPS) is 21.3. The second kappa shape index (κ2) is 12.1. The van der Waals surface area contributed by atoms with Crippen LogP contribution >= 0.6 is 12.6 Å². The van der Waals surface area contributed by atoms with Gasteiger partial charge >= 0.3 is 5.97 Å². The van der Waals surface area contributed by atoms with Gasteiger partial charge in [-0.2, -0.15) is 12.6 Å². The molecule has 0 aromatic rings. The molecule has 1 aliphatic rings. The average Bonchev–Trinajstić information content (AvgIpc) is 3.23. The Morgan fingerprint density at radius 3 is 2.10 bits per heavy atom. The summed E-state index contributed by atoms with van der Waals surface area (Å²) in [7, 11) is 0. The Morgan fingerprint density at radius 2 is 1.60 bits per heavy atom. The predicted octanol–water partition coefficient (Wildman–Crippen LogP) is 0.381. The molecule has 9 nitrogen and oxygen atoms in total. The molecule has 6 unspecified atom stereocenters. The first kappa shape index (κ1) is 26.2. The Labute approximate surface area is 183 Å². The summed E-state index contributed by atoms with van der Waals surface area (Å²) in [6, 6.07) is -3.45. The van der Waals surface area contributed by atoms with Gasteiger partial charge in [0.15, 0.2) is 0 Å². The standard InChI is InChI=1S/C20H36N4O5S/c1-5-11(3)15(22-17(25)13(21)10-30)18(26)23-16(12(4)6-2)19(27)24-9-7-8-14(24)20(28)29/h11-16,30H,5-10,21H2,1-4H3,(H,22,25)(H,23,26)(H,28,29). The molecule has 6 atom stereocenters. The molecule has 1 rings (SSSR count). The van der Waals surface area contributed by atoms with Crippen LogP contribution in [0.25, 0.3) is 0 Å². The Morgan fingerprint density at radius 1 is 1.07 bits per heavy atom. The van der Waals surface area contributed by atoms with Crippen LogP contribution in [0.3, 0.4) is 0 Å². The lowest BCUT2D eigenvalue weighted by atomic mass is 9.94. The van der Waals surface area contributed by atoms with E-state index in [1.54, 1.807) is 0 Å². The number of amides is 3. The van der Waals surface area contributed by atoms with Crippen LogP contribution in [0.2, 0.25) is 0 Å². The lowest BCUT2D eigenvalue weighted by Gasteiger charge is -2.32. The van der Waals surface area contributed by atoms with Gasteiger partial charge in [-0.15, -0.1) is 0 Å². The highest BCUT2D eigenvalue weighted by atomic mass is 32.1. The van der Waals surface area contributed by atoms with E-state index < -0.39 is 47.9 Å². The van der Waals surface area contributed by atoms with E-state index in [9.17, 15) is 24.3 Å². The minimum absolute atomic E-state index is 0.139. The fraction of sp³-hybridized carbons (Fsp3) is 0.800. The maximum absolute atomic E-state index is 13.2. The molecule has 0 spiro atoms. The van der Waals surface area contributed by atoms with Crippen molar-refractivity contribution < 1.29 is 24.3 Å². The third-order valence-corrected chi connectivity index (χ3v) is 6.32. The number of carbonyl (C=O) groups excluding carboxylic acids is 3. The molecule has 0 aromatic carbocycles. The summed E-state index contributed by atoms with van der Waals surface area (Å²) in [4.78, 5) is 51.3. The number of aliphatic carboxylic acids is 1. The van der Waals surface area contributed by atoms with Gasteiger partial charge in [-0.1, -0.05) is 40.5 Å². The molecule has 5 N–H and O–H groups in total. The molecule has 3 amide bonds. The summed E-state index contributed by atoms with van der Waals surface area (Å²) in [5, 5.41) is 14.9. The van der Waals surface area contributed by atoms with Crippen LogP contribution in [0.15, 0.2) is 0 Å². The van der Waals surface area contributed by atoms with E-state index in [0.29, 0.717) is 32.2 Å². The van der Waals surface area contributed by atoms with Crippen molar-refractivity contribution in [2.24, 2.45) is 17.6 Å². The quantitative estimate of drug-likeness (QED) is 0.292. The molecule has 30 heavy (non-hydrogen) atoms. The number of nitrogens with one attached hydrogen (secondary N) is 2. The van der Waals surface area contributed by atoms with Crippen LogP contribution in [0.1, 0.15) is 53.4 Å². The van der Waals surface area contributed by atoms with Crippen LogP contribution in [0.4, 0.5) is 0 Å². The summed E-state index contributed by atoms with van der Waals surface area (Å²) in [6.07, 6.45) is 2.25. The van der Waals surface area contributed by atoms with Gasteiger partial charge in [-0.3, -0.25) is 14.4 Å². The molecule has 0 radical (unpaired) electrons. The molecule has 10 heteroatoms. The molecule has 1 aliphatic heterocycles. The molecule has 1 fully saturated rings. The molecular weight excluding hydrogens is 408 g/mol. The van der Waals surface area contributed by atoms with Gasteiger partial charge in [-0.25, -0.2) is 4.79 Å². The minimum atomic E-state index is -1.04. The van der Waals surface area contributed by atoms with E-state index in [4.69, 9.17) is 5.73 Å². The molecule has 0 aromatic heterocycles. The summed E-state index contributed by atoms with van der Waals surface area (Å²) >= 11 is 4.02. The second-order valence-electron chi connectivity index (χ2n) is 8.06. The maximum atomic E-state index is 13.2. The van der Waals surface area contributed by atoms with E-state index >= 15 is 0 Å². The third-order valence-electron chi connectivity index (χ3n) is 5.92. The van der Waals surface area contributed by atoms with Gasteiger partial charge in [0.05, 0.1) is 6.04 Å². The number of hydrogen-bond donors (Lipinski definition) is 5. The van der Waals surface area contributed by atoms with Crippen molar-refractivity contribution in [3.63, 3.8) is 0 Å². The summed E-state index contributed by atoms with van der Waals surface area (Å²) in [5.41, 5.74) is 5.72. The number of rotatable bonds is 11. The number of carboxylic acids is 1.